The maximum atomic E-state index is 12.8. The van der Waals surface area contributed by atoms with E-state index < -0.39 is 0 Å². The fourth-order valence-corrected chi connectivity index (χ4v) is 3.13. The summed E-state index contributed by atoms with van der Waals surface area (Å²) in [5.74, 6) is -0.275. The summed E-state index contributed by atoms with van der Waals surface area (Å²) in [5.41, 5.74) is 7.47. The van der Waals surface area contributed by atoms with Crippen LogP contribution in [-0.4, -0.2) is 31.3 Å². The first kappa shape index (κ1) is 16.0. The molecule has 3 aromatic heterocycles. The molecule has 1 N–H and O–H groups in total. The van der Waals surface area contributed by atoms with Crippen molar-refractivity contribution in [2.45, 2.75) is 13.3 Å². The number of aromatic nitrogens is 4. The highest BCUT2D eigenvalue weighted by Crippen LogP contribution is 2.24. The van der Waals surface area contributed by atoms with Gasteiger partial charge >= 0.3 is 0 Å². The number of hydrogen-bond acceptors (Lipinski definition) is 4. The van der Waals surface area contributed by atoms with Gasteiger partial charge in [0.25, 0.3) is 5.91 Å². The molecule has 0 aliphatic heterocycles. The van der Waals surface area contributed by atoms with Crippen LogP contribution in [0.2, 0.25) is 0 Å². The predicted octanol–water partition coefficient (Wildman–Crippen LogP) is 2.55. The van der Waals surface area contributed by atoms with Gasteiger partial charge in [-0.3, -0.25) is 9.78 Å². The van der Waals surface area contributed by atoms with Gasteiger partial charge in [-0.1, -0.05) is 25.1 Å². The molecule has 0 aliphatic carbocycles. The van der Waals surface area contributed by atoms with Gasteiger partial charge in [-0.2, -0.15) is 10.2 Å². The summed E-state index contributed by atoms with van der Waals surface area (Å²) in [6.07, 6.45) is 5.59. The number of aryl methyl sites for hydroxylation is 2. The van der Waals surface area contributed by atoms with Crippen LogP contribution < -0.4 is 5.43 Å². The molecule has 130 valence electrons. The molecule has 0 bridgehead atoms. The minimum Gasteiger partial charge on any atom is -0.327 e. The van der Waals surface area contributed by atoms with E-state index in [1.54, 1.807) is 18.6 Å². The van der Waals surface area contributed by atoms with Gasteiger partial charge in [0.05, 0.1) is 22.9 Å². The van der Waals surface area contributed by atoms with Gasteiger partial charge in [-0.15, -0.1) is 0 Å². The number of amides is 1. The van der Waals surface area contributed by atoms with E-state index in [1.807, 2.05) is 59.5 Å². The smallest absolute Gasteiger partial charge is 0.277 e. The van der Waals surface area contributed by atoms with Gasteiger partial charge in [-0.25, -0.2) is 9.94 Å². The van der Waals surface area contributed by atoms with Crippen LogP contribution in [0.4, 0.5) is 0 Å². The minimum absolute atomic E-state index is 0.275. The first-order chi connectivity index (χ1) is 12.7. The molecular weight excluding hydrogens is 328 g/mol. The molecule has 1 aromatic carbocycles. The van der Waals surface area contributed by atoms with Crippen molar-refractivity contribution in [1.29, 1.82) is 0 Å². The molecular formula is C19H18N6O. The van der Waals surface area contributed by atoms with Crippen molar-refractivity contribution < 1.29 is 4.79 Å². The molecule has 0 saturated heterocycles. The van der Waals surface area contributed by atoms with Crippen LogP contribution in [0.25, 0.3) is 16.7 Å². The molecule has 0 atom stereocenters. The summed E-state index contributed by atoms with van der Waals surface area (Å²) in [5, 5.41) is 8.69. The van der Waals surface area contributed by atoms with Crippen LogP contribution in [0.5, 0.6) is 0 Å². The zero-order valence-electron chi connectivity index (χ0n) is 14.5. The van der Waals surface area contributed by atoms with Crippen molar-refractivity contribution in [3.8, 4) is 0 Å². The van der Waals surface area contributed by atoms with E-state index in [0.717, 1.165) is 27.9 Å². The summed E-state index contributed by atoms with van der Waals surface area (Å²) in [6.45, 7) is 1.99. The highest BCUT2D eigenvalue weighted by atomic mass is 16.2. The Labute approximate surface area is 150 Å². The number of hydrazone groups is 1. The first-order valence-electron chi connectivity index (χ1n) is 8.39. The number of carbonyl (C=O) groups is 1. The van der Waals surface area contributed by atoms with E-state index in [1.165, 1.54) is 0 Å². The lowest BCUT2D eigenvalue weighted by molar-refractivity contribution is 0.0955. The number of pyridine rings is 1. The molecule has 7 nitrogen and oxygen atoms in total. The summed E-state index contributed by atoms with van der Waals surface area (Å²) in [7, 11) is 1.94. The van der Waals surface area contributed by atoms with E-state index in [4.69, 9.17) is 0 Å². The topological polar surface area (TPSA) is 76.6 Å². The van der Waals surface area contributed by atoms with E-state index in [2.05, 4.69) is 20.6 Å². The van der Waals surface area contributed by atoms with Crippen LogP contribution in [0, 0.1) is 0 Å². The number of carbonyl (C=O) groups excluding carboxylic acids is 1. The second kappa shape index (κ2) is 6.44. The van der Waals surface area contributed by atoms with Crippen LogP contribution >= 0.6 is 0 Å². The van der Waals surface area contributed by atoms with Crippen molar-refractivity contribution in [3.63, 3.8) is 0 Å². The normalized spacial score (nSPS) is 11.6. The molecule has 0 radical (unpaired) electrons. The summed E-state index contributed by atoms with van der Waals surface area (Å²) >= 11 is 0. The largest absolute Gasteiger partial charge is 0.327 e. The third-order valence-electron chi connectivity index (χ3n) is 4.35. The SMILES string of the molecule is CCc1nn2c3ccccc3n(C)c2c1C(=O)NN=Cc1cccnc1. The summed E-state index contributed by atoms with van der Waals surface area (Å²) in [4.78, 5) is 16.8. The van der Waals surface area contributed by atoms with Crippen LogP contribution in [0.1, 0.15) is 28.5 Å². The first-order valence-corrected chi connectivity index (χ1v) is 8.39. The lowest BCUT2D eigenvalue weighted by Crippen LogP contribution is -2.19. The number of nitrogens with zero attached hydrogens (tertiary/aromatic N) is 5. The van der Waals surface area contributed by atoms with E-state index >= 15 is 0 Å². The van der Waals surface area contributed by atoms with Crippen molar-refractivity contribution in [1.82, 2.24) is 24.6 Å². The van der Waals surface area contributed by atoms with E-state index in [-0.39, 0.29) is 5.91 Å². The summed E-state index contributed by atoms with van der Waals surface area (Å²) < 4.78 is 3.81. The molecule has 4 aromatic rings. The Morgan fingerprint density at radius 3 is 2.77 bits per heavy atom. The molecule has 3 heterocycles. The molecule has 0 saturated carbocycles. The van der Waals surface area contributed by atoms with Crippen molar-refractivity contribution in [2.24, 2.45) is 12.1 Å². The monoisotopic (exact) mass is 346 g/mol. The van der Waals surface area contributed by atoms with E-state index in [9.17, 15) is 4.79 Å². The predicted molar refractivity (Wildman–Crippen MR) is 100 cm³/mol. The second-order valence-corrected chi connectivity index (χ2v) is 5.94. The number of nitrogens with one attached hydrogen (secondary N) is 1. The standard InChI is InChI=1S/C19H18N6O/c1-3-14-17(18(26)22-21-12-13-7-6-10-20-11-13)19-24(2)15-8-4-5-9-16(15)25(19)23-14/h4-12H,3H2,1-2H3,(H,22,26). The molecule has 0 fully saturated rings. The summed E-state index contributed by atoms with van der Waals surface area (Å²) in [6, 6.07) is 11.6. The van der Waals surface area contributed by atoms with Crippen molar-refractivity contribution >= 4 is 28.8 Å². The van der Waals surface area contributed by atoms with Gasteiger partial charge in [0.15, 0.2) is 0 Å². The molecule has 0 spiro atoms. The van der Waals surface area contributed by atoms with Gasteiger partial charge in [0.1, 0.15) is 11.2 Å². The third kappa shape index (κ3) is 2.54. The zero-order chi connectivity index (χ0) is 18.1. The number of hydrogen-bond donors (Lipinski definition) is 1. The average molecular weight is 346 g/mol. The maximum Gasteiger partial charge on any atom is 0.277 e. The number of rotatable bonds is 4. The van der Waals surface area contributed by atoms with Crippen molar-refractivity contribution in [3.05, 3.63) is 65.6 Å². The van der Waals surface area contributed by atoms with Gasteiger partial charge in [-0.05, 0) is 24.6 Å². The van der Waals surface area contributed by atoms with Crippen molar-refractivity contribution in [2.75, 3.05) is 0 Å². The molecule has 0 aliphatic rings. The Hall–Kier alpha value is -3.48. The molecule has 4 rings (SSSR count). The van der Waals surface area contributed by atoms with E-state index in [0.29, 0.717) is 12.0 Å². The minimum atomic E-state index is -0.275. The Balaban J connectivity index is 1.75. The second-order valence-electron chi connectivity index (χ2n) is 5.94. The third-order valence-corrected chi connectivity index (χ3v) is 4.35. The number of imidazole rings is 1. The number of para-hydroxylation sites is 2. The Kier molecular flexibility index (Phi) is 3.96. The maximum absolute atomic E-state index is 12.8. The van der Waals surface area contributed by atoms with Crippen LogP contribution in [0.15, 0.2) is 53.9 Å². The lowest BCUT2D eigenvalue weighted by atomic mass is 10.2. The van der Waals surface area contributed by atoms with Gasteiger partial charge < -0.3 is 4.57 Å². The molecule has 0 unspecified atom stereocenters. The zero-order valence-corrected chi connectivity index (χ0v) is 14.5. The molecule has 1 amide bonds. The number of benzene rings is 1. The highest BCUT2D eigenvalue weighted by molar-refractivity contribution is 6.03. The van der Waals surface area contributed by atoms with Crippen LogP contribution in [-0.2, 0) is 13.5 Å². The molecule has 26 heavy (non-hydrogen) atoms. The Morgan fingerprint density at radius 1 is 1.23 bits per heavy atom. The fourth-order valence-electron chi connectivity index (χ4n) is 3.13. The highest BCUT2D eigenvalue weighted by Gasteiger charge is 2.23. The lowest BCUT2D eigenvalue weighted by Gasteiger charge is -2.02. The molecule has 7 heteroatoms. The fraction of sp³-hybridized carbons (Fsp3) is 0.158. The van der Waals surface area contributed by atoms with Crippen LogP contribution in [0.3, 0.4) is 0 Å². The quantitative estimate of drug-likeness (QED) is 0.456. The Morgan fingerprint density at radius 2 is 2.04 bits per heavy atom. The number of fused-ring (bicyclic) bond motifs is 3. The van der Waals surface area contributed by atoms with Gasteiger partial charge in [0, 0.05) is 25.0 Å². The van der Waals surface area contributed by atoms with Gasteiger partial charge in [0.2, 0.25) is 0 Å². The Bertz CT molecular complexity index is 1120. The average Bonchev–Trinajstić information content (AvgIpc) is 3.19.